The number of rotatable bonds is 5. The van der Waals surface area contributed by atoms with Gasteiger partial charge in [-0.3, -0.25) is 4.98 Å². The fourth-order valence-electron chi connectivity index (χ4n) is 1.48. The molecule has 0 amide bonds. The fourth-order valence-corrected chi connectivity index (χ4v) is 1.48. The van der Waals surface area contributed by atoms with Gasteiger partial charge in [-0.25, -0.2) is 9.48 Å². The first-order chi connectivity index (χ1) is 8.81. The molecular formula is C11H13N5O2. The van der Waals surface area contributed by atoms with E-state index in [1.54, 1.807) is 19.3 Å². The minimum Gasteiger partial charge on any atom is -0.460 e. The Hall–Kier alpha value is -2.31. The zero-order chi connectivity index (χ0) is 12.8. The molecule has 0 atom stereocenters. The average Bonchev–Trinajstić information content (AvgIpc) is 2.86. The highest BCUT2D eigenvalue weighted by atomic mass is 16.5. The molecule has 0 N–H and O–H groups in total. The van der Waals surface area contributed by atoms with E-state index in [1.807, 2.05) is 12.1 Å². The van der Waals surface area contributed by atoms with E-state index in [-0.39, 0.29) is 5.82 Å². The van der Waals surface area contributed by atoms with Gasteiger partial charge in [-0.05, 0) is 41.5 Å². The van der Waals surface area contributed by atoms with E-state index in [1.165, 1.54) is 4.68 Å². The lowest BCUT2D eigenvalue weighted by molar-refractivity contribution is 0.0504. The van der Waals surface area contributed by atoms with Gasteiger partial charge in [0, 0.05) is 18.9 Å². The lowest BCUT2D eigenvalue weighted by Gasteiger charge is -2.04. The van der Waals surface area contributed by atoms with Crippen molar-refractivity contribution in [2.45, 2.75) is 19.9 Å². The minimum absolute atomic E-state index is 0.130. The predicted molar refractivity (Wildman–Crippen MR) is 61.7 cm³/mol. The second kappa shape index (κ2) is 5.85. The molecule has 2 rings (SSSR count). The molecule has 0 aliphatic heterocycles. The second-order valence-corrected chi connectivity index (χ2v) is 3.55. The number of carbonyl (C=O) groups excluding carboxylic acids is 1. The van der Waals surface area contributed by atoms with Crippen LogP contribution in [0, 0.1) is 0 Å². The summed E-state index contributed by atoms with van der Waals surface area (Å²) in [6.45, 7) is 2.56. The van der Waals surface area contributed by atoms with Gasteiger partial charge in [0.25, 0.3) is 5.82 Å². The summed E-state index contributed by atoms with van der Waals surface area (Å²) in [4.78, 5) is 15.5. The van der Waals surface area contributed by atoms with Gasteiger partial charge in [0.05, 0.1) is 6.61 Å². The van der Waals surface area contributed by atoms with Crippen LogP contribution in [0.4, 0.5) is 0 Å². The van der Waals surface area contributed by atoms with Gasteiger partial charge in [0.2, 0.25) is 0 Å². The van der Waals surface area contributed by atoms with Gasteiger partial charge >= 0.3 is 5.97 Å². The van der Waals surface area contributed by atoms with Crippen LogP contribution in [-0.4, -0.2) is 37.8 Å². The molecule has 0 radical (unpaired) electrons. The molecule has 18 heavy (non-hydrogen) atoms. The van der Waals surface area contributed by atoms with Crippen molar-refractivity contribution in [2.75, 3.05) is 6.61 Å². The summed E-state index contributed by atoms with van der Waals surface area (Å²) < 4.78 is 6.31. The van der Waals surface area contributed by atoms with E-state index < -0.39 is 5.97 Å². The number of hydrogen-bond donors (Lipinski definition) is 0. The molecule has 94 valence electrons. The highest BCUT2D eigenvalue weighted by Crippen LogP contribution is 2.02. The maximum Gasteiger partial charge on any atom is 0.378 e. The average molecular weight is 247 g/mol. The van der Waals surface area contributed by atoms with Crippen LogP contribution >= 0.6 is 0 Å². The lowest BCUT2D eigenvalue weighted by Crippen LogP contribution is -2.15. The Morgan fingerprint density at radius 2 is 2.17 bits per heavy atom. The van der Waals surface area contributed by atoms with Crippen LogP contribution in [0.2, 0.25) is 0 Å². The van der Waals surface area contributed by atoms with Crippen LogP contribution in [0.25, 0.3) is 0 Å². The van der Waals surface area contributed by atoms with Crippen molar-refractivity contribution in [1.82, 2.24) is 25.2 Å². The Balaban J connectivity index is 2.02. The van der Waals surface area contributed by atoms with Crippen LogP contribution in [0.3, 0.4) is 0 Å². The molecular weight excluding hydrogens is 234 g/mol. The SMILES string of the molecule is CCOC(=O)c1nnnn1CCc1ccncc1. The van der Waals surface area contributed by atoms with Crippen LogP contribution in [-0.2, 0) is 17.7 Å². The van der Waals surface area contributed by atoms with Gasteiger partial charge < -0.3 is 4.74 Å². The van der Waals surface area contributed by atoms with Crippen molar-refractivity contribution >= 4 is 5.97 Å². The summed E-state index contributed by atoms with van der Waals surface area (Å²) in [5.41, 5.74) is 1.11. The third-order valence-electron chi connectivity index (χ3n) is 2.35. The number of aryl methyl sites for hydroxylation is 2. The van der Waals surface area contributed by atoms with Crippen molar-refractivity contribution in [1.29, 1.82) is 0 Å². The molecule has 7 heteroatoms. The van der Waals surface area contributed by atoms with E-state index in [2.05, 4.69) is 20.5 Å². The largest absolute Gasteiger partial charge is 0.460 e. The third-order valence-corrected chi connectivity index (χ3v) is 2.35. The molecule has 0 spiro atoms. The van der Waals surface area contributed by atoms with E-state index in [9.17, 15) is 4.79 Å². The number of esters is 1. The first kappa shape index (κ1) is 12.2. The van der Waals surface area contributed by atoms with E-state index >= 15 is 0 Å². The van der Waals surface area contributed by atoms with Gasteiger partial charge in [0.15, 0.2) is 0 Å². The Bertz CT molecular complexity index is 511. The molecule has 2 aromatic heterocycles. The number of ether oxygens (including phenoxy) is 1. The van der Waals surface area contributed by atoms with Crippen molar-refractivity contribution in [3.63, 3.8) is 0 Å². The second-order valence-electron chi connectivity index (χ2n) is 3.55. The summed E-state index contributed by atoms with van der Waals surface area (Å²) in [6.07, 6.45) is 4.17. The van der Waals surface area contributed by atoms with Gasteiger partial charge in [0.1, 0.15) is 0 Å². The highest BCUT2D eigenvalue weighted by Gasteiger charge is 2.16. The summed E-state index contributed by atoms with van der Waals surface area (Å²) in [6, 6.07) is 3.82. The van der Waals surface area contributed by atoms with Crippen molar-refractivity contribution in [2.24, 2.45) is 0 Å². The first-order valence-electron chi connectivity index (χ1n) is 5.63. The molecule has 0 aliphatic carbocycles. The van der Waals surface area contributed by atoms with Gasteiger partial charge in [-0.2, -0.15) is 0 Å². The number of carbonyl (C=O) groups is 1. The predicted octanol–water partition coefficient (Wildman–Crippen LogP) is 0.487. The molecule has 0 saturated carbocycles. The lowest BCUT2D eigenvalue weighted by atomic mass is 10.2. The molecule has 2 heterocycles. The third kappa shape index (κ3) is 2.88. The quantitative estimate of drug-likeness (QED) is 0.715. The van der Waals surface area contributed by atoms with Crippen LogP contribution in [0.5, 0.6) is 0 Å². The first-order valence-corrected chi connectivity index (χ1v) is 5.63. The molecule has 0 aliphatic rings. The summed E-state index contributed by atoms with van der Waals surface area (Å²) in [5, 5.41) is 10.9. The summed E-state index contributed by atoms with van der Waals surface area (Å²) >= 11 is 0. The normalized spacial score (nSPS) is 10.3. The monoisotopic (exact) mass is 247 g/mol. The Morgan fingerprint density at radius 1 is 1.39 bits per heavy atom. The standard InChI is InChI=1S/C11H13N5O2/c1-2-18-11(17)10-13-14-15-16(10)8-5-9-3-6-12-7-4-9/h3-4,6-7H,2,5,8H2,1H3. The molecule has 0 aromatic carbocycles. The Kier molecular flexibility index (Phi) is 3.95. The number of pyridine rings is 1. The van der Waals surface area contributed by atoms with Gasteiger partial charge in [-0.1, -0.05) is 0 Å². The number of nitrogens with zero attached hydrogens (tertiary/aromatic N) is 5. The topological polar surface area (TPSA) is 82.8 Å². The zero-order valence-electron chi connectivity index (χ0n) is 9.98. The Labute approximate surface area is 104 Å². The van der Waals surface area contributed by atoms with Crippen LogP contribution in [0.1, 0.15) is 23.1 Å². The maximum atomic E-state index is 11.5. The van der Waals surface area contributed by atoms with Crippen molar-refractivity contribution < 1.29 is 9.53 Å². The fraction of sp³-hybridized carbons (Fsp3) is 0.364. The van der Waals surface area contributed by atoms with Crippen LogP contribution < -0.4 is 0 Å². The number of hydrogen-bond acceptors (Lipinski definition) is 6. The molecule has 7 nitrogen and oxygen atoms in total. The van der Waals surface area contributed by atoms with E-state index in [4.69, 9.17) is 4.74 Å². The summed E-state index contributed by atoms with van der Waals surface area (Å²) in [5.74, 6) is -0.372. The van der Waals surface area contributed by atoms with Gasteiger partial charge in [-0.15, -0.1) is 5.10 Å². The van der Waals surface area contributed by atoms with Crippen LogP contribution in [0.15, 0.2) is 24.5 Å². The maximum absolute atomic E-state index is 11.5. The summed E-state index contributed by atoms with van der Waals surface area (Å²) in [7, 11) is 0. The molecule has 0 bridgehead atoms. The number of tetrazole rings is 1. The van der Waals surface area contributed by atoms with E-state index in [0.717, 1.165) is 12.0 Å². The smallest absolute Gasteiger partial charge is 0.378 e. The van der Waals surface area contributed by atoms with Crippen molar-refractivity contribution in [3.8, 4) is 0 Å². The Morgan fingerprint density at radius 3 is 2.89 bits per heavy atom. The zero-order valence-corrected chi connectivity index (χ0v) is 9.98. The number of aromatic nitrogens is 5. The molecule has 0 unspecified atom stereocenters. The molecule has 0 saturated heterocycles. The molecule has 0 fully saturated rings. The minimum atomic E-state index is -0.503. The molecule has 2 aromatic rings. The van der Waals surface area contributed by atoms with E-state index in [0.29, 0.717) is 13.2 Å². The van der Waals surface area contributed by atoms with Crippen molar-refractivity contribution in [3.05, 3.63) is 35.9 Å². The highest BCUT2D eigenvalue weighted by molar-refractivity contribution is 5.85.